The van der Waals surface area contributed by atoms with Gasteiger partial charge in [-0.25, -0.2) is 8.42 Å². The molecular weight excluding hydrogens is 374 g/mol. The Balaban J connectivity index is 2.09. The second-order valence-electron chi connectivity index (χ2n) is 7.55. The summed E-state index contributed by atoms with van der Waals surface area (Å²) in [4.78, 5) is 12.4. The van der Waals surface area contributed by atoms with Gasteiger partial charge in [0.1, 0.15) is 6.07 Å². The van der Waals surface area contributed by atoms with Crippen molar-refractivity contribution < 1.29 is 13.2 Å². The topological polar surface area (TPSA) is 90.3 Å². The third-order valence-corrected chi connectivity index (χ3v) is 5.49. The number of benzene rings is 2. The van der Waals surface area contributed by atoms with Gasteiger partial charge in [0.25, 0.3) is 5.91 Å². The molecule has 7 heteroatoms. The standard InChI is InChI=1S/C21H25N3O3S/c1-21(2,3)18-11-9-16(10-12-18)20(25)23-13-14-24(28(4,26)27)19-8-6-5-7-17(19)15-22/h5-12H,13-14H2,1-4H3,(H,23,25). The van der Waals surface area contributed by atoms with Crippen LogP contribution >= 0.6 is 0 Å². The molecule has 0 aliphatic rings. The predicted octanol–water partition coefficient (Wildman–Crippen LogP) is 3.05. The van der Waals surface area contributed by atoms with Crippen molar-refractivity contribution in [1.29, 1.82) is 5.26 Å². The molecule has 6 nitrogen and oxygen atoms in total. The number of nitrogens with one attached hydrogen (secondary N) is 1. The van der Waals surface area contributed by atoms with Gasteiger partial charge in [0.05, 0.1) is 24.1 Å². The van der Waals surface area contributed by atoms with Gasteiger partial charge in [-0.05, 0) is 35.2 Å². The summed E-state index contributed by atoms with van der Waals surface area (Å²) in [6.07, 6.45) is 1.08. The van der Waals surface area contributed by atoms with Crippen molar-refractivity contribution in [3.8, 4) is 6.07 Å². The summed E-state index contributed by atoms with van der Waals surface area (Å²) in [5.74, 6) is -0.275. The molecule has 0 aliphatic carbocycles. The molecule has 2 aromatic rings. The predicted molar refractivity (Wildman–Crippen MR) is 111 cm³/mol. The van der Waals surface area contributed by atoms with E-state index in [4.69, 9.17) is 0 Å². The van der Waals surface area contributed by atoms with Crippen LogP contribution in [0.4, 0.5) is 5.69 Å². The summed E-state index contributed by atoms with van der Waals surface area (Å²) in [6.45, 7) is 6.44. The van der Waals surface area contributed by atoms with Gasteiger partial charge in [-0.1, -0.05) is 45.0 Å². The van der Waals surface area contributed by atoms with Gasteiger partial charge in [-0.2, -0.15) is 5.26 Å². The molecule has 148 valence electrons. The average molecular weight is 400 g/mol. The second kappa shape index (κ2) is 8.44. The third-order valence-electron chi connectivity index (χ3n) is 4.31. The summed E-state index contributed by atoms with van der Waals surface area (Å²) >= 11 is 0. The first kappa shape index (κ1) is 21.5. The summed E-state index contributed by atoms with van der Waals surface area (Å²) in [5, 5.41) is 12.0. The van der Waals surface area contributed by atoms with E-state index in [2.05, 4.69) is 26.1 Å². The Morgan fingerprint density at radius 3 is 2.25 bits per heavy atom. The number of hydrogen-bond donors (Lipinski definition) is 1. The van der Waals surface area contributed by atoms with Gasteiger partial charge in [0.2, 0.25) is 10.0 Å². The fourth-order valence-corrected chi connectivity index (χ4v) is 3.68. The first-order chi connectivity index (χ1) is 13.0. The summed E-state index contributed by atoms with van der Waals surface area (Å²) < 4.78 is 25.5. The van der Waals surface area contributed by atoms with E-state index in [1.807, 2.05) is 18.2 Å². The number of para-hydroxylation sites is 1. The zero-order chi connectivity index (χ0) is 20.9. The zero-order valence-corrected chi connectivity index (χ0v) is 17.4. The van der Waals surface area contributed by atoms with Crippen molar-refractivity contribution in [2.45, 2.75) is 26.2 Å². The van der Waals surface area contributed by atoms with Crippen LogP contribution in [0.25, 0.3) is 0 Å². The van der Waals surface area contributed by atoms with Crippen LogP contribution in [0.2, 0.25) is 0 Å². The lowest BCUT2D eigenvalue weighted by molar-refractivity contribution is 0.0954. The highest BCUT2D eigenvalue weighted by Gasteiger charge is 2.20. The van der Waals surface area contributed by atoms with Gasteiger partial charge in [-0.3, -0.25) is 9.10 Å². The van der Waals surface area contributed by atoms with Gasteiger partial charge >= 0.3 is 0 Å². The smallest absolute Gasteiger partial charge is 0.251 e. The number of anilines is 1. The minimum absolute atomic E-state index is 0.000867. The average Bonchev–Trinajstić information content (AvgIpc) is 2.63. The molecule has 0 aliphatic heterocycles. The Labute approximate surface area is 166 Å². The van der Waals surface area contributed by atoms with Gasteiger partial charge in [0.15, 0.2) is 0 Å². The Bertz CT molecular complexity index is 985. The molecule has 0 saturated heterocycles. The number of rotatable bonds is 6. The van der Waals surface area contributed by atoms with Crippen molar-refractivity contribution in [2.24, 2.45) is 0 Å². The van der Waals surface area contributed by atoms with E-state index in [9.17, 15) is 18.5 Å². The van der Waals surface area contributed by atoms with Crippen LogP contribution in [0, 0.1) is 11.3 Å². The van der Waals surface area contributed by atoms with E-state index in [1.165, 1.54) is 0 Å². The molecule has 1 amide bonds. The van der Waals surface area contributed by atoms with Crippen LogP contribution in [0.5, 0.6) is 0 Å². The van der Waals surface area contributed by atoms with E-state index in [1.54, 1.807) is 36.4 Å². The molecule has 0 aromatic heterocycles. The van der Waals surface area contributed by atoms with Crippen LogP contribution in [0.15, 0.2) is 48.5 Å². The molecule has 2 aromatic carbocycles. The van der Waals surface area contributed by atoms with E-state index < -0.39 is 10.0 Å². The lowest BCUT2D eigenvalue weighted by Gasteiger charge is -2.23. The van der Waals surface area contributed by atoms with Crippen LogP contribution in [0.1, 0.15) is 42.3 Å². The highest BCUT2D eigenvalue weighted by Crippen LogP contribution is 2.23. The van der Waals surface area contributed by atoms with Crippen molar-refractivity contribution in [3.05, 3.63) is 65.2 Å². The molecule has 0 fully saturated rings. The summed E-state index contributed by atoms with van der Waals surface area (Å²) in [5.41, 5.74) is 2.20. The molecular formula is C21H25N3O3S. The number of carbonyl (C=O) groups excluding carboxylic acids is 1. The molecule has 1 N–H and O–H groups in total. The highest BCUT2D eigenvalue weighted by atomic mass is 32.2. The van der Waals surface area contributed by atoms with Gasteiger partial charge in [-0.15, -0.1) is 0 Å². The zero-order valence-electron chi connectivity index (χ0n) is 16.6. The quantitative estimate of drug-likeness (QED) is 0.808. The SMILES string of the molecule is CC(C)(C)c1ccc(C(=O)NCCN(c2ccccc2C#N)S(C)(=O)=O)cc1. The van der Waals surface area contributed by atoms with E-state index in [0.717, 1.165) is 16.1 Å². The number of carbonyl (C=O) groups is 1. The first-order valence-electron chi connectivity index (χ1n) is 8.89. The van der Waals surface area contributed by atoms with Gasteiger partial charge < -0.3 is 5.32 Å². The number of amides is 1. The highest BCUT2D eigenvalue weighted by molar-refractivity contribution is 7.92. The summed E-state index contributed by atoms with van der Waals surface area (Å²) in [7, 11) is -3.60. The normalized spacial score (nSPS) is 11.5. The molecule has 28 heavy (non-hydrogen) atoms. The van der Waals surface area contributed by atoms with Gasteiger partial charge in [0, 0.05) is 12.1 Å². The molecule has 2 rings (SSSR count). The Morgan fingerprint density at radius 1 is 1.11 bits per heavy atom. The van der Waals surface area contributed by atoms with Crippen molar-refractivity contribution in [3.63, 3.8) is 0 Å². The van der Waals surface area contributed by atoms with Crippen LogP contribution in [0.3, 0.4) is 0 Å². The maximum Gasteiger partial charge on any atom is 0.251 e. The minimum atomic E-state index is -3.60. The Hall–Kier alpha value is -2.85. The Kier molecular flexibility index (Phi) is 6.47. The fourth-order valence-electron chi connectivity index (χ4n) is 2.75. The largest absolute Gasteiger partial charge is 0.350 e. The van der Waals surface area contributed by atoms with E-state index in [0.29, 0.717) is 11.3 Å². The second-order valence-corrected chi connectivity index (χ2v) is 9.45. The van der Waals surface area contributed by atoms with Crippen LogP contribution in [-0.4, -0.2) is 33.7 Å². The lowest BCUT2D eigenvalue weighted by Crippen LogP contribution is -2.38. The molecule has 0 radical (unpaired) electrons. The fraction of sp³-hybridized carbons (Fsp3) is 0.333. The Morgan fingerprint density at radius 2 is 1.71 bits per heavy atom. The molecule has 0 bridgehead atoms. The number of hydrogen-bond acceptors (Lipinski definition) is 4. The maximum atomic E-state index is 12.4. The maximum absolute atomic E-state index is 12.4. The molecule has 0 unspecified atom stereocenters. The van der Waals surface area contributed by atoms with Crippen molar-refractivity contribution >= 4 is 21.6 Å². The number of nitriles is 1. The molecule has 0 heterocycles. The third kappa shape index (κ3) is 5.33. The van der Waals surface area contributed by atoms with E-state index in [-0.39, 0.29) is 30.0 Å². The van der Waals surface area contributed by atoms with E-state index >= 15 is 0 Å². The lowest BCUT2D eigenvalue weighted by atomic mass is 9.87. The van der Waals surface area contributed by atoms with Crippen molar-refractivity contribution in [2.75, 3.05) is 23.7 Å². The van der Waals surface area contributed by atoms with Crippen LogP contribution in [-0.2, 0) is 15.4 Å². The van der Waals surface area contributed by atoms with Crippen molar-refractivity contribution in [1.82, 2.24) is 5.32 Å². The molecule has 0 spiro atoms. The molecule has 0 saturated carbocycles. The first-order valence-corrected chi connectivity index (χ1v) is 10.7. The number of sulfonamides is 1. The molecule has 0 atom stereocenters. The van der Waals surface area contributed by atoms with Crippen LogP contribution < -0.4 is 9.62 Å². The summed E-state index contributed by atoms with van der Waals surface area (Å²) in [6, 6.07) is 15.8. The minimum Gasteiger partial charge on any atom is -0.350 e. The number of nitrogens with zero attached hydrogens (tertiary/aromatic N) is 2. The monoisotopic (exact) mass is 399 g/mol.